The molecular weight excluding hydrogens is 252 g/mol. The highest BCUT2D eigenvalue weighted by atomic mass is 16.5. The molecule has 4 nitrogen and oxygen atoms in total. The Morgan fingerprint density at radius 2 is 1.95 bits per heavy atom. The zero-order chi connectivity index (χ0) is 14.6. The number of nitrogens with zero attached hydrogens (tertiary/aromatic N) is 2. The Kier molecular flexibility index (Phi) is 4.45. The van der Waals surface area contributed by atoms with Crippen molar-refractivity contribution in [1.82, 2.24) is 9.55 Å². The van der Waals surface area contributed by atoms with Crippen LogP contribution in [0.4, 0.5) is 0 Å². The van der Waals surface area contributed by atoms with E-state index in [2.05, 4.69) is 4.98 Å². The van der Waals surface area contributed by atoms with E-state index in [1.807, 2.05) is 61.9 Å². The minimum absolute atomic E-state index is 0.250. The molecule has 2 unspecified atom stereocenters. The van der Waals surface area contributed by atoms with E-state index in [1.165, 1.54) is 0 Å². The molecule has 20 heavy (non-hydrogen) atoms. The number of aliphatic hydroxyl groups is 1. The molecule has 4 heteroatoms. The molecule has 0 aliphatic carbocycles. The van der Waals surface area contributed by atoms with Crippen LogP contribution in [-0.4, -0.2) is 26.9 Å². The first kappa shape index (κ1) is 14.6. The van der Waals surface area contributed by atoms with E-state index in [1.54, 1.807) is 12.5 Å². The van der Waals surface area contributed by atoms with Crippen LogP contribution in [0, 0.1) is 5.41 Å². The first-order valence-corrected chi connectivity index (χ1v) is 6.82. The van der Waals surface area contributed by atoms with Gasteiger partial charge in [0.15, 0.2) is 0 Å². The molecule has 0 radical (unpaired) electrons. The number of hydrogen-bond donors (Lipinski definition) is 1. The molecule has 0 spiro atoms. The van der Waals surface area contributed by atoms with Gasteiger partial charge in [0, 0.05) is 12.4 Å². The highest BCUT2D eigenvalue weighted by molar-refractivity contribution is 5.21. The Balaban J connectivity index is 2.15. The zero-order valence-corrected chi connectivity index (χ0v) is 12.2. The van der Waals surface area contributed by atoms with Gasteiger partial charge in [-0.3, -0.25) is 0 Å². The number of imidazole rings is 1. The number of aromatic nitrogens is 2. The highest BCUT2D eigenvalue weighted by Gasteiger charge is 2.32. The predicted molar refractivity (Wildman–Crippen MR) is 78.5 cm³/mol. The summed E-state index contributed by atoms with van der Waals surface area (Å²) in [7, 11) is 0. The first-order chi connectivity index (χ1) is 9.47. The van der Waals surface area contributed by atoms with Gasteiger partial charge in [-0.2, -0.15) is 0 Å². The monoisotopic (exact) mass is 274 g/mol. The summed E-state index contributed by atoms with van der Waals surface area (Å²) in [6.07, 6.45) is 4.42. The smallest absolute Gasteiger partial charge is 0.143 e. The maximum absolute atomic E-state index is 10.5. The first-order valence-electron chi connectivity index (χ1n) is 6.82. The van der Waals surface area contributed by atoms with Gasteiger partial charge in [-0.25, -0.2) is 4.98 Å². The molecule has 0 bridgehead atoms. The second-order valence-corrected chi connectivity index (χ2v) is 6.04. The zero-order valence-electron chi connectivity index (χ0n) is 12.2. The third-order valence-electron chi connectivity index (χ3n) is 3.22. The molecule has 2 rings (SSSR count). The van der Waals surface area contributed by atoms with Crippen LogP contribution in [0.3, 0.4) is 0 Å². The third-order valence-corrected chi connectivity index (χ3v) is 3.22. The maximum Gasteiger partial charge on any atom is 0.143 e. The number of para-hydroxylation sites is 1. The predicted octanol–water partition coefficient (Wildman–Crippen LogP) is 2.74. The summed E-state index contributed by atoms with van der Waals surface area (Å²) >= 11 is 0. The second-order valence-electron chi connectivity index (χ2n) is 6.04. The van der Waals surface area contributed by atoms with E-state index in [-0.39, 0.29) is 11.5 Å². The lowest BCUT2D eigenvalue weighted by Crippen LogP contribution is -2.43. The van der Waals surface area contributed by atoms with E-state index in [9.17, 15) is 5.11 Å². The van der Waals surface area contributed by atoms with Crippen LogP contribution in [0.15, 0.2) is 49.1 Å². The molecule has 0 amide bonds. The number of rotatable bonds is 5. The Morgan fingerprint density at radius 1 is 1.25 bits per heavy atom. The summed E-state index contributed by atoms with van der Waals surface area (Å²) < 4.78 is 7.90. The average molecular weight is 274 g/mol. The van der Waals surface area contributed by atoms with Crippen molar-refractivity contribution < 1.29 is 9.84 Å². The molecule has 0 aliphatic heterocycles. The fourth-order valence-electron chi connectivity index (χ4n) is 2.04. The lowest BCUT2D eigenvalue weighted by molar-refractivity contribution is -0.0383. The van der Waals surface area contributed by atoms with Crippen molar-refractivity contribution in [2.45, 2.75) is 39.5 Å². The summed E-state index contributed by atoms with van der Waals surface area (Å²) in [5.74, 6) is 0.765. The Morgan fingerprint density at radius 3 is 2.50 bits per heavy atom. The minimum atomic E-state index is -0.579. The molecule has 2 atom stereocenters. The van der Waals surface area contributed by atoms with Gasteiger partial charge >= 0.3 is 0 Å². The lowest BCUT2D eigenvalue weighted by Gasteiger charge is -2.33. The fourth-order valence-corrected chi connectivity index (χ4v) is 2.04. The normalized spacial score (nSPS) is 14.8. The van der Waals surface area contributed by atoms with Gasteiger partial charge in [0.25, 0.3) is 0 Å². The van der Waals surface area contributed by atoms with E-state index < -0.39 is 6.10 Å². The maximum atomic E-state index is 10.5. The summed E-state index contributed by atoms with van der Waals surface area (Å²) in [6.45, 7) is 6.58. The van der Waals surface area contributed by atoms with E-state index in [0.717, 1.165) is 5.75 Å². The molecule has 1 heterocycles. The molecule has 1 N–H and O–H groups in total. The molecule has 0 saturated heterocycles. The molecule has 1 aromatic carbocycles. The molecule has 0 saturated carbocycles. The van der Waals surface area contributed by atoms with Crippen molar-refractivity contribution in [2.24, 2.45) is 5.41 Å². The molecular formula is C16H22N2O2. The highest BCUT2D eigenvalue weighted by Crippen LogP contribution is 2.25. The second kappa shape index (κ2) is 6.09. The van der Waals surface area contributed by atoms with Crippen molar-refractivity contribution in [2.75, 3.05) is 0 Å². The van der Waals surface area contributed by atoms with Crippen molar-refractivity contribution in [3.05, 3.63) is 49.1 Å². The van der Waals surface area contributed by atoms with Crippen LogP contribution in [0.25, 0.3) is 0 Å². The van der Waals surface area contributed by atoms with Crippen LogP contribution in [0.1, 0.15) is 20.8 Å². The Bertz CT molecular complexity index is 503. The molecule has 1 aromatic heterocycles. The Labute approximate surface area is 120 Å². The van der Waals surface area contributed by atoms with E-state index in [0.29, 0.717) is 6.54 Å². The Hall–Kier alpha value is -1.81. The van der Waals surface area contributed by atoms with Gasteiger partial charge in [-0.05, 0) is 17.5 Å². The minimum Gasteiger partial charge on any atom is -0.486 e. The van der Waals surface area contributed by atoms with Crippen LogP contribution < -0.4 is 4.74 Å². The summed E-state index contributed by atoms with van der Waals surface area (Å²) in [5.41, 5.74) is -0.250. The number of benzene rings is 1. The lowest BCUT2D eigenvalue weighted by atomic mass is 9.85. The van der Waals surface area contributed by atoms with Gasteiger partial charge < -0.3 is 14.4 Å². The van der Waals surface area contributed by atoms with E-state index >= 15 is 0 Å². The molecule has 0 fully saturated rings. The third kappa shape index (κ3) is 3.84. The number of ether oxygens (including phenoxy) is 1. The largest absolute Gasteiger partial charge is 0.486 e. The summed E-state index contributed by atoms with van der Waals surface area (Å²) in [4.78, 5) is 4.03. The van der Waals surface area contributed by atoms with Crippen LogP contribution in [-0.2, 0) is 6.54 Å². The van der Waals surface area contributed by atoms with Crippen molar-refractivity contribution in [1.29, 1.82) is 0 Å². The SMILES string of the molecule is CC(C)(C)C(O)C(Cn1ccnc1)Oc1ccccc1. The van der Waals surface area contributed by atoms with Crippen LogP contribution >= 0.6 is 0 Å². The van der Waals surface area contributed by atoms with Gasteiger partial charge in [0.1, 0.15) is 11.9 Å². The van der Waals surface area contributed by atoms with Gasteiger partial charge in [-0.15, -0.1) is 0 Å². The standard InChI is InChI=1S/C16H22N2O2/c1-16(2,3)15(19)14(11-18-10-9-17-12-18)20-13-7-5-4-6-8-13/h4-10,12,14-15,19H,11H2,1-3H3. The fraction of sp³-hybridized carbons (Fsp3) is 0.438. The molecule has 0 aliphatic rings. The quantitative estimate of drug-likeness (QED) is 0.912. The summed E-state index contributed by atoms with van der Waals surface area (Å²) in [6, 6.07) is 9.59. The van der Waals surface area contributed by atoms with Gasteiger partial charge in [0.05, 0.1) is 19.0 Å². The van der Waals surface area contributed by atoms with Gasteiger partial charge in [0.2, 0.25) is 0 Å². The van der Waals surface area contributed by atoms with Gasteiger partial charge in [-0.1, -0.05) is 39.0 Å². The van der Waals surface area contributed by atoms with Crippen molar-refractivity contribution in [3.63, 3.8) is 0 Å². The number of aliphatic hydroxyl groups excluding tert-OH is 1. The topological polar surface area (TPSA) is 47.3 Å². The molecule has 108 valence electrons. The number of hydrogen-bond acceptors (Lipinski definition) is 3. The molecule has 2 aromatic rings. The van der Waals surface area contributed by atoms with Crippen LogP contribution in [0.5, 0.6) is 5.75 Å². The van der Waals surface area contributed by atoms with Crippen molar-refractivity contribution >= 4 is 0 Å². The van der Waals surface area contributed by atoms with Crippen LogP contribution in [0.2, 0.25) is 0 Å². The van der Waals surface area contributed by atoms with E-state index in [4.69, 9.17) is 4.74 Å². The van der Waals surface area contributed by atoms with Crippen molar-refractivity contribution in [3.8, 4) is 5.75 Å². The average Bonchev–Trinajstić information content (AvgIpc) is 2.90. The summed E-state index contributed by atoms with van der Waals surface area (Å²) in [5, 5.41) is 10.5.